The average Bonchev–Trinajstić information content (AvgIpc) is 3.13. The van der Waals surface area contributed by atoms with Gasteiger partial charge in [-0.05, 0) is 67.0 Å². The van der Waals surface area contributed by atoms with Crippen LogP contribution in [-0.2, 0) is 11.3 Å². The fourth-order valence-electron chi connectivity index (χ4n) is 2.92. The van der Waals surface area contributed by atoms with Gasteiger partial charge in [0, 0.05) is 23.8 Å². The Morgan fingerprint density at radius 1 is 1.19 bits per heavy atom. The molecule has 0 aromatic heterocycles. The second-order valence-electron chi connectivity index (χ2n) is 6.13. The van der Waals surface area contributed by atoms with Crippen molar-refractivity contribution in [2.24, 2.45) is 0 Å². The van der Waals surface area contributed by atoms with Crippen LogP contribution in [0.1, 0.15) is 18.4 Å². The highest BCUT2D eigenvalue weighted by molar-refractivity contribution is 7.80. The van der Waals surface area contributed by atoms with E-state index in [0.717, 1.165) is 24.9 Å². The van der Waals surface area contributed by atoms with Crippen molar-refractivity contribution in [2.45, 2.75) is 25.4 Å². The number of hydrogen-bond acceptors (Lipinski definition) is 2. The lowest BCUT2D eigenvalue weighted by atomic mass is 10.2. The standard InChI is InChI=1S/C19H19ClFN3OS/c20-14-5-9-16(10-6-14)23-18(25)17-2-1-11-24(17)19(26)22-12-13-3-7-15(21)8-4-13/h3-10,17H,1-2,11-12H2,(H,22,26)(H,23,25)/t17-/m0/s1. The number of nitrogens with zero attached hydrogens (tertiary/aromatic N) is 1. The van der Waals surface area contributed by atoms with Crippen molar-refractivity contribution < 1.29 is 9.18 Å². The third-order valence-corrected chi connectivity index (χ3v) is 4.92. The van der Waals surface area contributed by atoms with Gasteiger partial charge in [-0.15, -0.1) is 0 Å². The normalized spacial score (nSPS) is 16.4. The number of nitrogens with one attached hydrogen (secondary N) is 2. The van der Waals surface area contributed by atoms with Gasteiger partial charge >= 0.3 is 0 Å². The van der Waals surface area contributed by atoms with E-state index in [2.05, 4.69) is 10.6 Å². The molecule has 0 bridgehead atoms. The zero-order chi connectivity index (χ0) is 18.5. The molecule has 4 nitrogen and oxygen atoms in total. The number of carbonyl (C=O) groups is 1. The summed E-state index contributed by atoms with van der Waals surface area (Å²) in [6, 6.07) is 12.9. The van der Waals surface area contributed by atoms with Gasteiger partial charge in [-0.3, -0.25) is 4.79 Å². The number of benzene rings is 2. The van der Waals surface area contributed by atoms with Crippen molar-refractivity contribution >= 4 is 40.5 Å². The molecular formula is C19H19ClFN3OS. The van der Waals surface area contributed by atoms with E-state index in [1.54, 1.807) is 36.4 Å². The maximum Gasteiger partial charge on any atom is 0.247 e. The minimum absolute atomic E-state index is 0.0873. The molecule has 1 atom stereocenters. The summed E-state index contributed by atoms with van der Waals surface area (Å²) in [5, 5.41) is 7.21. The second kappa shape index (κ2) is 8.47. The molecule has 1 amide bonds. The number of rotatable bonds is 4. The summed E-state index contributed by atoms with van der Waals surface area (Å²) in [5.41, 5.74) is 1.63. The van der Waals surface area contributed by atoms with Crippen LogP contribution in [0.5, 0.6) is 0 Å². The molecule has 0 aliphatic carbocycles. The zero-order valence-electron chi connectivity index (χ0n) is 14.0. The number of anilines is 1. The topological polar surface area (TPSA) is 44.4 Å². The van der Waals surface area contributed by atoms with Crippen molar-refractivity contribution in [1.29, 1.82) is 0 Å². The zero-order valence-corrected chi connectivity index (χ0v) is 15.6. The first-order valence-electron chi connectivity index (χ1n) is 8.38. The molecule has 1 aliphatic heterocycles. The van der Waals surface area contributed by atoms with Crippen molar-refractivity contribution in [1.82, 2.24) is 10.2 Å². The van der Waals surface area contributed by atoms with Gasteiger partial charge in [0.2, 0.25) is 5.91 Å². The Morgan fingerprint density at radius 2 is 1.88 bits per heavy atom. The maximum atomic E-state index is 13.0. The fraction of sp³-hybridized carbons (Fsp3) is 0.263. The fourth-order valence-corrected chi connectivity index (χ4v) is 3.34. The quantitative estimate of drug-likeness (QED) is 0.774. The summed E-state index contributed by atoms with van der Waals surface area (Å²) >= 11 is 11.3. The van der Waals surface area contributed by atoms with E-state index in [1.807, 2.05) is 4.90 Å². The van der Waals surface area contributed by atoms with Gasteiger partial charge in [-0.25, -0.2) is 4.39 Å². The molecule has 7 heteroatoms. The molecule has 2 aromatic rings. The summed E-state index contributed by atoms with van der Waals surface area (Å²) in [6.45, 7) is 1.22. The van der Waals surface area contributed by atoms with Gasteiger partial charge in [0.25, 0.3) is 0 Å². The van der Waals surface area contributed by atoms with Gasteiger partial charge in [0.05, 0.1) is 0 Å². The van der Waals surface area contributed by atoms with Gasteiger partial charge in [-0.2, -0.15) is 0 Å². The van der Waals surface area contributed by atoms with Crippen molar-refractivity contribution in [3.05, 3.63) is 64.9 Å². The van der Waals surface area contributed by atoms with Crippen molar-refractivity contribution in [3.8, 4) is 0 Å². The Kier molecular flexibility index (Phi) is 6.06. The maximum absolute atomic E-state index is 13.0. The van der Waals surface area contributed by atoms with Gasteiger partial charge in [0.15, 0.2) is 5.11 Å². The molecule has 2 N–H and O–H groups in total. The first-order valence-corrected chi connectivity index (χ1v) is 9.17. The van der Waals surface area contributed by atoms with Crippen molar-refractivity contribution in [3.63, 3.8) is 0 Å². The summed E-state index contributed by atoms with van der Waals surface area (Å²) in [4.78, 5) is 14.5. The molecular weight excluding hydrogens is 373 g/mol. The molecule has 1 aliphatic rings. The van der Waals surface area contributed by atoms with E-state index in [9.17, 15) is 9.18 Å². The summed E-state index contributed by atoms with van der Waals surface area (Å²) in [6.07, 6.45) is 1.65. The van der Waals surface area contributed by atoms with Crippen LogP contribution in [0, 0.1) is 5.82 Å². The molecule has 26 heavy (non-hydrogen) atoms. The Hall–Kier alpha value is -2.18. The Bertz CT molecular complexity index is 782. The number of halogens is 2. The Labute approximate surface area is 162 Å². The van der Waals surface area contributed by atoms with E-state index in [-0.39, 0.29) is 17.8 Å². The monoisotopic (exact) mass is 391 g/mol. The molecule has 0 saturated carbocycles. The number of thiocarbonyl (C=S) groups is 1. The molecule has 1 heterocycles. The van der Waals surface area contributed by atoms with E-state index in [4.69, 9.17) is 23.8 Å². The molecule has 1 fully saturated rings. The van der Waals surface area contributed by atoms with Crippen molar-refractivity contribution in [2.75, 3.05) is 11.9 Å². The summed E-state index contributed by atoms with van der Waals surface area (Å²) < 4.78 is 13.0. The Balaban J connectivity index is 1.57. The third kappa shape index (κ3) is 4.71. The highest BCUT2D eigenvalue weighted by Gasteiger charge is 2.32. The largest absolute Gasteiger partial charge is 0.358 e. The van der Waals surface area contributed by atoms with Crippen LogP contribution in [0.4, 0.5) is 10.1 Å². The van der Waals surface area contributed by atoms with E-state index in [1.165, 1.54) is 12.1 Å². The third-order valence-electron chi connectivity index (χ3n) is 4.29. The van der Waals surface area contributed by atoms with Crippen LogP contribution in [0.25, 0.3) is 0 Å². The summed E-state index contributed by atoms with van der Waals surface area (Å²) in [5.74, 6) is -0.356. The van der Waals surface area contributed by atoms with Crippen LogP contribution >= 0.6 is 23.8 Å². The predicted molar refractivity (Wildman–Crippen MR) is 106 cm³/mol. The molecule has 3 rings (SSSR count). The van der Waals surface area contributed by atoms with E-state index >= 15 is 0 Å². The first-order chi connectivity index (χ1) is 12.5. The average molecular weight is 392 g/mol. The molecule has 0 radical (unpaired) electrons. The van der Waals surface area contributed by atoms with Gasteiger partial charge < -0.3 is 15.5 Å². The van der Waals surface area contributed by atoms with Crippen LogP contribution < -0.4 is 10.6 Å². The molecule has 136 valence electrons. The molecule has 0 unspecified atom stereocenters. The van der Waals surface area contributed by atoms with Crippen LogP contribution in [-0.4, -0.2) is 28.5 Å². The second-order valence-corrected chi connectivity index (χ2v) is 6.96. The first kappa shape index (κ1) is 18.6. The number of hydrogen-bond donors (Lipinski definition) is 2. The lowest BCUT2D eigenvalue weighted by Gasteiger charge is -2.27. The van der Waals surface area contributed by atoms with Gasteiger partial charge in [0.1, 0.15) is 11.9 Å². The van der Waals surface area contributed by atoms with E-state index in [0.29, 0.717) is 22.4 Å². The molecule has 1 saturated heterocycles. The minimum Gasteiger partial charge on any atom is -0.358 e. The number of likely N-dealkylation sites (tertiary alicyclic amines) is 1. The lowest BCUT2D eigenvalue weighted by Crippen LogP contribution is -2.47. The highest BCUT2D eigenvalue weighted by Crippen LogP contribution is 2.20. The SMILES string of the molecule is O=C(Nc1ccc(Cl)cc1)[C@@H]1CCCN1C(=S)NCc1ccc(F)cc1. The number of carbonyl (C=O) groups excluding carboxylic acids is 1. The van der Waals surface area contributed by atoms with Crippen LogP contribution in [0.3, 0.4) is 0 Å². The summed E-state index contributed by atoms with van der Waals surface area (Å²) in [7, 11) is 0. The van der Waals surface area contributed by atoms with Crippen LogP contribution in [0.15, 0.2) is 48.5 Å². The molecule has 0 spiro atoms. The highest BCUT2D eigenvalue weighted by atomic mass is 35.5. The van der Waals surface area contributed by atoms with E-state index < -0.39 is 0 Å². The van der Waals surface area contributed by atoms with Crippen LogP contribution in [0.2, 0.25) is 5.02 Å². The van der Waals surface area contributed by atoms with Gasteiger partial charge in [-0.1, -0.05) is 23.7 Å². The molecule has 2 aromatic carbocycles. The Morgan fingerprint density at radius 3 is 2.58 bits per heavy atom. The predicted octanol–water partition coefficient (Wildman–Crippen LogP) is 3.96. The lowest BCUT2D eigenvalue weighted by molar-refractivity contribution is -0.119. The smallest absolute Gasteiger partial charge is 0.247 e. The number of amides is 1. The minimum atomic E-state index is -0.307.